The number of rotatable bonds is 2. The van der Waals surface area contributed by atoms with E-state index in [2.05, 4.69) is 0 Å². The molecular formula is C8H7BF2. The Kier molecular flexibility index (Phi) is 2.84. The molecule has 0 saturated heterocycles. The molecule has 0 fully saturated rings. The Morgan fingerprint density at radius 1 is 1.09 bits per heavy atom. The van der Waals surface area contributed by atoms with Crippen LogP contribution in [0.2, 0.25) is 0 Å². The zero-order valence-corrected chi connectivity index (χ0v) is 5.87. The minimum Gasteiger partial charge on any atom is -0.282 e. The molecule has 0 aromatic heterocycles. The first-order valence-electron chi connectivity index (χ1n) is 3.30. The number of hydrogen-bond acceptors (Lipinski definition) is 0. The van der Waals surface area contributed by atoms with Crippen LogP contribution < -0.4 is 0 Å². The van der Waals surface area contributed by atoms with Crippen LogP contribution >= 0.6 is 0 Å². The highest BCUT2D eigenvalue weighted by Crippen LogP contribution is 2.02. The summed E-state index contributed by atoms with van der Waals surface area (Å²) in [6, 6.07) is 9.02. The first-order chi connectivity index (χ1) is 5.29. The van der Waals surface area contributed by atoms with Gasteiger partial charge in [0.15, 0.2) is 0 Å². The van der Waals surface area contributed by atoms with Crippen molar-refractivity contribution in [2.75, 3.05) is 0 Å². The van der Waals surface area contributed by atoms with Gasteiger partial charge in [-0.05, 0) is 11.5 Å². The molecule has 11 heavy (non-hydrogen) atoms. The van der Waals surface area contributed by atoms with Crippen LogP contribution in [-0.2, 0) is 0 Å². The fourth-order valence-electron chi connectivity index (χ4n) is 0.748. The van der Waals surface area contributed by atoms with Crippen molar-refractivity contribution in [3.63, 3.8) is 0 Å². The van der Waals surface area contributed by atoms with Gasteiger partial charge in [-0.15, -0.1) is 0 Å². The Bertz CT molecular complexity index is 231. The molecule has 0 atom stereocenters. The Hall–Kier alpha value is -1.12. The first kappa shape index (κ1) is 7.99. The lowest BCUT2D eigenvalue weighted by molar-refractivity contribution is 0.683. The summed E-state index contributed by atoms with van der Waals surface area (Å²) in [5.74, 6) is 0.870. The quantitative estimate of drug-likeness (QED) is 0.571. The zero-order valence-electron chi connectivity index (χ0n) is 5.87. The minimum absolute atomic E-state index is 0.799. The van der Waals surface area contributed by atoms with Crippen molar-refractivity contribution in [2.24, 2.45) is 0 Å². The van der Waals surface area contributed by atoms with E-state index in [1.807, 2.05) is 18.2 Å². The SMILES string of the molecule is FB(F)C=Cc1ccccc1. The van der Waals surface area contributed by atoms with E-state index in [4.69, 9.17) is 0 Å². The van der Waals surface area contributed by atoms with E-state index >= 15 is 0 Å². The lowest BCUT2D eigenvalue weighted by Gasteiger charge is -1.88. The molecule has 0 unspecified atom stereocenters. The van der Waals surface area contributed by atoms with Gasteiger partial charge in [0, 0.05) is 0 Å². The maximum atomic E-state index is 11.6. The minimum atomic E-state index is -2.37. The van der Waals surface area contributed by atoms with E-state index in [0.717, 1.165) is 11.5 Å². The van der Waals surface area contributed by atoms with Gasteiger partial charge in [-0.2, -0.15) is 0 Å². The van der Waals surface area contributed by atoms with E-state index in [9.17, 15) is 8.63 Å². The second kappa shape index (κ2) is 3.91. The third-order valence-electron chi connectivity index (χ3n) is 1.23. The predicted octanol–water partition coefficient (Wildman–Crippen LogP) is 2.67. The van der Waals surface area contributed by atoms with Crippen LogP contribution in [0.15, 0.2) is 36.3 Å². The van der Waals surface area contributed by atoms with Crippen LogP contribution in [0.3, 0.4) is 0 Å². The Morgan fingerprint density at radius 2 is 1.73 bits per heavy atom. The lowest BCUT2D eigenvalue weighted by Crippen LogP contribution is -1.87. The summed E-state index contributed by atoms with van der Waals surface area (Å²) in [6.07, 6.45) is 1.41. The highest BCUT2D eigenvalue weighted by Gasteiger charge is 2.03. The van der Waals surface area contributed by atoms with Gasteiger partial charge in [-0.3, -0.25) is 8.63 Å². The molecule has 0 aliphatic carbocycles. The summed E-state index contributed by atoms with van der Waals surface area (Å²) in [4.78, 5) is 0. The van der Waals surface area contributed by atoms with Gasteiger partial charge < -0.3 is 0 Å². The topological polar surface area (TPSA) is 0 Å². The van der Waals surface area contributed by atoms with Crippen molar-refractivity contribution in [1.29, 1.82) is 0 Å². The molecular weight excluding hydrogens is 145 g/mol. The smallest absolute Gasteiger partial charge is 0.282 e. The maximum Gasteiger partial charge on any atom is 0.564 e. The van der Waals surface area contributed by atoms with E-state index in [-0.39, 0.29) is 0 Å². The van der Waals surface area contributed by atoms with E-state index in [1.54, 1.807) is 12.1 Å². The van der Waals surface area contributed by atoms with Crippen molar-refractivity contribution in [1.82, 2.24) is 0 Å². The van der Waals surface area contributed by atoms with Crippen LogP contribution in [0, 0.1) is 0 Å². The summed E-state index contributed by atoms with van der Waals surface area (Å²) in [5.41, 5.74) is 0.799. The molecule has 0 aliphatic rings. The van der Waals surface area contributed by atoms with Gasteiger partial charge >= 0.3 is 7.27 Å². The van der Waals surface area contributed by atoms with Crippen LogP contribution in [-0.4, -0.2) is 7.27 Å². The molecule has 56 valence electrons. The summed E-state index contributed by atoms with van der Waals surface area (Å²) in [7, 11) is -2.37. The largest absolute Gasteiger partial charge is 0.564 e. The second-order valence-corrected chi connectivity index (χ2v) is 2.10. The molecule has 1 aromatic carbocycles. The van der Waals surface area contributed by atoms with E-state index in [1.165, 1.54) is 6.08 Å². The summed E-state index contributed by atoms with van der Waals surface area (Å²) >= 11 is 0. The standard InChI is InChI=1S/C8H7BF2/c10-9(11)7-6-8-4-2-1-3-5-8/h1-7H. The summed E-state index contributed by atoms with van der Waals surface area (Å²) < 4.78 is 23.3. The summed E-state index contributed by atoms with van der Waals surface area (Å²) in [5, 5.41) is 0. The van der Waals surface area contributed by atoms with Gasteiger partial charge in [-0.25, -0.2) is 0 Å². The maximum absolute atomic E-state index is 11.6. The molecule has 0 nitrogen and oxygen atoms in total. The van der Waals surface area contributed by atoms with Crippen LogP contribution in [0.5, 0.6) is 0 Å². The van der Waals surface area contributed by atoms with Crippen LogP contribution in [0.4, 0.5) is 8.63 Å². The van der Waals surface area contributed by atoms with E-state index < -0.39 is 7.27 Å². The van der Waals surface area contributed by atoms with Crippen molar-refractivity contribution >= 4 is 13.3 Å². The average molecular weight is 152 g/mol. The molecule has 0 saturated carbocycles. The molecule has 3 heteroatoms. The Morgan fingerprint density at radius 3 is 2.27 bits per heavy atom. The Labute approximate surface area is 64.7 Å². The van der Waals surface area contributed by atoms with E-state index in [0.29, 0.717) is 0 Å². The number of halogens is 2. The van der Waals surface area contributed by atoms with Gasteiger partial charge in [0.1, 0.15) is 0 Å². The molecule has 0 bridgehead atoms. The monoisotopic (exact) mass is 152 g/mol. The fraction of sp³-hybridized carbons (Fsp3) is 0. The molecule has 0 heterocycles. The molecule has 0 spiro atoms. The zero-order chi connectivity index (χ0) is 8.10. The van der Waals surface area contributed by atoms with Crippen molar-refractivity contribution in [3.05, 3.63) is 41.9 Å². The lowest BCUT2D eigenvalue weighted by atomic mass is 9.97. The van der Waals surface area contributed by atoms with Crippen LogP contribution in [0.1, 0.15) is 5.56 Å². The normalized spacial score (nSPS) is 10.4. The summed E-state index contributed by atoms with van der Waals surface area (Å²) in [6.45, 7) is 0. The molecule has 1 aromatic rings. The molecule has 0 amide bonds. The van der Waals surface area contributed by atoms with Crippen LogP contribution in [0.25, 0.3) is 6.08 Å². The first-order valence-corrected chi connectivity index (χ1v) is 3.30. The molecule has 0 N–H and O–H groups in total. The average Bonchev–Trinajstić information content (AvgIpc) is 2.03. The van der Waals surface area contributed by atoms with Gasteiger partial charge in [-0.1, -0.05) is 36.4 Å². The third-order valence-corrected chi connectivity index (χ3v) is 1.23. The molecule has 0 aliphatic heterocycles. The predicted molar refractivity (Wildman–Crippen MR) is 43.4 cm³/mol. The second-order valence-electron chi connectivity index (χ2n) is 2.10. The van der Waals surface area contributed by atoms with Crippen molar-refractivity contribution in [2.45, 2.75) is 0 Å². The Balaban J connectivity index is 2.65. The highest BCUT2D eigenvalue weighted by molar-refractivity contribution is 6.50. The van der Waals surface area contributed by atoms with Gasteiger partial charge in [0.2, 0.25) is 0 Å². The molecule has 1 rings (SSSR count). The van der Waals surface area contributed by atoms with Gasteiger partial charge in [0.25, 0.3) is 0 Å². The van der Waals surface area contributed by atoms with Gasteiger partial charge in [0.05, 0.1) is 0 Å². The van der Waals surface area contributed by atoms with Crippen molar-refractivity contribution in [3.8, 4) is 0 Å². The number of hydrogen-bond donors (Lipinski definition) is 0. The van der Waals surface area contributed by atoms with Crippen molar-refractivity contribution < 1.29 is 8.63 Å². The number of benzene rings is 1. The third kappa shape index (κ3) is 2.98. The fourth-order valence-corrected chi connectivity index (χ4v) is 0.748. The highest BCUT2D eigenvalue weighted by atomic mass is 19.2. The molecule has 0 radical (unpaired) electrons.